The van der Waals surface area contributed by atoms with E-state index in [1.807, 2.05) is 0 Å². The Morgan fingerprint density at radius 2 is 1.60 bits per heavy atom. The highest BCUT2D eigenvalue weighted by atomic mass is 35.5. The summed E-state index contributed by atoms with van der Waals surface area (Å²) in [7, 11) is -2.82. The van der Waals surface area contributed by atoms with Gasteiger partial charge < -0.3 is 28.4 Å². The van der Waals surface area contributed by atoms with Gasteiger partial charge in [-0.15, -0.1) is 0 Å². The fourth-order valence-electron chi connectivity index (χ4n) is 3.65. The maximum atomic E-state index is 13.8. The van der Waals surface area contributed by atoms with Gasteiger partial charge in [-0.25, -0.2) is 22.6 Å². The molecule has 0 fully saturated rings. The molecule has 47 heavy (non-hydrogen) atoms. The second-order valence-electron chi connectivity index (χ2n) is 9.11. The zero-order chi connectivity index (χ0) is 33.8. The number of ether oxygens (including phenoxy) is 6. The average Bonchev–Trinajstić information content (AvgIpc) is 3.04. The van der Waals surface area contributed by atoms with Crippen LogP contribution in [0.25, 0.3) is 0 Å². The topological polar surface area (TPSA) is 173 Å². The average molecular weight is 691 g/mol. The maximum Gasteiger partial charge on any atom is 0.411 e. The highest BCUT2D eigenvalue weighted by molar-refractivity contribution is 7.92. The SMILES string of the molecule is COc1ccc(Cl)c(Oc2c(NS(=O)(=O)c3ccc(OCCOC(C)=O)cc3)ncnc2OCCOC(=O)Nc2ccccc2F)c1. The number of rotatable bonds is 15. The predicted molar refractivity (Wildman–Crippen MR) is 166 cm³/mol. The van der Waals surface area contributed by atoms with Crippen molar-refractivity contribution in [2.75, 3.05) is 43.6 Å². The molecule has 1 amide bonds. The van der Waals surface area contributed by atoms with Gasteiger partial charge in [0.05, 0.1) is 22.7 Å². The third-order valence-electron chi connectivity index (χ3n) is 5.81. The third kappa shape index (κ3) is 10.1. The summed E-state index contributed by atoms with van der Waals surface area (Å²) < 4.78 is 75.0. The van der Waals surface area contributed by atoms with Crippen LogP contribution >= 0.6 is 11.6 Å². The predicted octanol–water partition coefficient (Wildman–Crippen LogP) is 5.44. The Kier molecular flexibility index (Phi) is 12.0. The molecule has 0 aliphatic carbocycles. The number of carbonyl (C=O) groups excluding carboxylic acids is 2. The van der Waals surface area contributed by atoms with E-state index < -0.39 is 27.9 Å². The molecule has 0 saturated carbocycles. The van der Waals surface area contributed by atoms with Crippen LogP contribution in [0.2, 0.25) is 5.02 Å². The molecule has 3 aromatic carbocycles. The fraction of sp³-hybridized carbons (Fsp3) is 0.200. The summed E-state index contributed by atoms with van der Waals surface area (Å²) in [6, 6.07) is 15.5. The monoisotopic (exact) mass is 690 g/mol. The first-order chi connectivity index (χ1) is 22.6. The van der Waals surface area contributed by atoms with Crippen LogP contribution in [0.4, 0.5) is 20.7 Å². The standard InChI is InChI=1S/C30H28ClFN4O10S/c1-19(37)42-13-14-43-20-7-10-22(11-8-20)47(39,40)36-28-27(46-26-17-21(41-2)9-12-23(26)31)29(34-18-33-28)44-15-16-45-30(38)35-25-6-4-3-5-24(25)32/h3-12,17-18H,13-16H2,1-2H3,(H,35,38)(H,33,34,36). The van der Waals surface area contributed by atoms with Gasteiger partial charge in [0.25, 0.3) is 15.9 Å². The maximum absolute atomic E-state index is 13.8. The molecule has 0 aliphatic rings. The molecule has 0 unspecified atom stereocenters. The fourth-order valence-corrected chi connectivity index (χ4v) is 4.82. The summed E-state index contributed by atoms with van der Waals surface area (Å²) in [4.78, 5) is 30.9. The molecule has 0 saturated heterocycles. The highest BCUT2D eigenvalue weighted by Gasteiger charge is 2.23. The molecule has 1 aromatic heterocycles. The molecule has 0 atom stereocenters. The van der Waals surface area contributed by atoms with E-state index >= 15 is 0 Å². The van der Waals surface area contributed by atoms with Crippen LogP contribution in [0.15, 0.2) is 78.0 Å². The second kappa shape index (κ2) is 16.3. The number of carbonyl (C=O) groups is 2. The Morgan fingerprint density at radius 1 is 0.894 bits per heavy atom. The Hall–Kier alpha value is -5.35. The minimum atomic E-state index is -4.26. The van der Waals surface area contributed by atoms with Crippen LogP contribution in [-0.2, 0) is 24.3 Å². The van der Waals surface area contributed by atoms with Gasteiger partial charge in [0, 0.05) is 13.0 Å². The quantitative estimate of drug-likeness (QED) is 0.120. The third-order valence-corrected chi connectivity index (χ3v) is 7.48. The summed E-state index contributed by atoms with van der Waals surface area (Å²) in [5, 5.41) is 2.41. The number of aromatic nitrogens is 2. The molecule has 0 bridgehead atoms. The number of hydrogen-bond acceptors (Lipinski definition) is 12. The van der Waals surface area contributed by atoms with Crippen LogP contribution < -0.4 is 29.0 Å². The lowest BCUT2D eigenvalue weighted by Gasteiger charge is -2.17. The summed E-state index contributed by atoms with van der Waals surface area (Å²) in [5.74, 6) is -1.12. The molecular formula is C30H28ClFN4O10S. The number of hydrogen-bond donors (Lipinski definition) is 2. The van der Waals surface area contributed by atoms with Crippen molar-refractivity contribution in [3.63, 3.8) is 0 Å². The Morgan fingerprint density at radius 3 is 2.32 bits per heavy atom. The lowest BCUT2D eigenvalue weighted by atomic mass is 10.3. The number of benzene rings is 3. The smallest absolute Gasteiger partial charge is 0.411 e. The van der Waals surface area contributed by atoms with Crippen molar-refractivity contribution in [2.24, 2.45) is 0 Å². The van der Waals surface area contributed by atoms with Crippen molar-refractivity contribution in [3.8, 4) is 28.9 Å². The largest absolute Gasteiger partial charge is 0.497 e. The van der Waals surface area contributed by atoms with E-state index in [1.165, 1.54) is 68.6 Å². The summed E-state index contributed by atoms with van der Waals surface area (Å²) >= 11 is 6.32. The summed E-state index contributed by atoms with van der Waals surface area (Å²) in [6.45, 7) is 0.799. The lowest BCUT2D eigenvalue weighted by Crippen LogP contribution is -2.19. The first kappa shape index (κ1) is 34.5. The first-order valence-electron chi connectivity index (χ1n) is 13.6. The second-order valence-corrected chi connectivity index (χ2v) is 11.2. The molecule has 4 rings (SSSR count). The van der Waals surface area contributed by atoms with Crippen molar-refractivity contribution < 1.29 is 50.8 Å². The number of amides is 1. The van der Waals surface area contributed by atoms with Crippen LogP contribution in [-0.4, -0.2) is 64.0 Å². The molecule has 4 aromatic rings. The molecule has 248 valence electrons. The van der Waals surface area contributed by atoms with Crippen LogP contribution in [0.3, 0.4) is 0 Å². The number of para-hydroxylation sites is 1. The minimum Gasteiger partial charge on any atom is -0.497 e. The van der Waals surface area contributed by atoms with E-state index in [0.29, 0.717) is 11.5 Å². The van der Waals surface area contributed by atoms with Gasteiger partial charge in [-0.3, -0.25) is 14.8 Å². The van der Waals surface area contributed by atoms with Crippen LogP contribution in [0.1, 0.15) is 6.92 Å². The number of nitrogens with one attached hydrogen (secondary N) is 2. The van der Waals surface area contributed by atoms with Crippen molar-refractivity contribution >= 4 is 45.2 Å². The molecule has 1 heterocycles. The number of anilines is 2. The summed E-state index contributed by atoms with van der Waals surface area (Å²) in [6.07, 6.45) is 0.0919. The van der Waals surface area contributed by atoms with Crippen molar-refractivity contribution in [1.29, 1.82) is 0 Å². The Labute approximate surface area is 273 Å². The van der Waals surface area contributed by atoms with Crippen molar-refractivity contribution in [2.45, 2.75) is 11.8 Å². The van der Waals surface area contributed by atoms with Crippen LogP contribution in [0, 0.1) is 5.82 Å². The van der Waals surface area contributed by atoms with Crippen molar-refractivity contribution in [3.05, 3.63) is 83.9 Å². The van der Waals surface area contributed by atoms with Gasteiger partial charge >= 0.3 is 12.1 Å². The van der Waals surface area contributed by atoms with E-state index in [0.717, 1.165) is 6.33 Å². The molecular weight excluding hydrogens is 663 g/mol. The van der Waals surface area contributed by atoms with Gasteiger partial charge in [-0.2, -0.15) is 4.98 Å². The molecule has 14 nitrogen and oxygen atoms in total. The zero-order valence-electron chi connectivity index (χ0n) is 24.9. The van der Waals surface area contributed by atoms with E-state index in [-0.39, 0.29) is 65.2 Å². The first-order valence-corrected chi connectivity index (χ1v) is 15.5. The van der Waals surface area contributed by atoms with E-state index in [2.05, 4.69) is 20.0 Å². The van der Waals surface area contributed by atoms with E-state index in [9.17, 15) is 22.4 Å². The minimum absolute atomic E-state index is 0.0299. The van der Waals surface area contributed by atoms with E-state index in [4.69, 9.17) is 40.0 Å². The number of sulfonamides is 1. The van der Waals surface area contributed by atoms with Gasteiger partial charge in [-0.1, -0.05) is 23.7 Å². The Bertz CT molecular complexity index is 1810. The van der Waals surface area contributed by atoms with Gasteiger partial charge in [0.15, 0.2) is 5.82 Å². The summed E-state index contributed by atoms with van der Waals surface area (Å²) in [5.41, 5.74) is -0.0709. The normalized spacial score (nSPS) is 10.8. The number of esters is 1. The number of methoxy groups -OCH3 is 1. The highest BCUT2D eigenvalue weighted by Crippen LogP contribution is 2.40. The molecule has 2 N–H and O–H groups in total. The Balaban J connectivity index is 1.51. The van der Waals surface area contributed by atoms with Gasteiger partial charge in [0.2, 0.25) is 5.75 Å². The van der Waals surface area contributed by atoms with E-state index in [1.54, 1.807) is 12.1 Å². The zero-order valence-corrected chi connectivity index (χ0v) is 26.5. The molecule has 0 radical (unpaired) electrons. The van der Waals surface area contributed by atoms with Crippen LogP contribution in [0.5, 0.6) is 28.9 Å². The lowest BCUT2D eigenvalue weighted by molar-refractivity contribution is -0.141. The number of nitrogens with zero attached hydrogens (tertiary/aromatic N) is 2. The number of halogens is 2. The van der Waals surface area contributed by atoms with Gasteiger partial charge in [-0.05, 0) is 48.5 Å². The molecule has 0 aliphatic heterocycles. The van der Waals surface area contributed by atoms with Crippen molar-refractivity contribution in [1.82, 2.24) is 9.97 Å². The molecule has 17 heteroatoms. The molecule has 0 spiro atoms. The van der Waals surface area contributed by atoms with Gasteiger partial charge in [0.1, 0.15) is 55.8 Å².